The fourth-order valence-electron chi connectivity index (χ4n) is 2.64. The molecule has 1 aromatic heterocycles. The Morgan fingerprint density at radius 2 is 1.96 bits per heavy atom. The SMILES string of the molecule is O=C(CCC1CCCO1)NNC(=O)c1ccc(-c2ccc(F)cc2)s1. The number of hydrogen-bond acceptors (Lipinski definition) is 4. The van der Waals surface area contributed by atoms with E-state index >= 15 is 0 Å². The van der Waals surface area contributed by atoms with Gasteiger partial charge in [-0.2, -0.15) is 0 Å². The zero-order chi connectivity index (χ0) is 17.6. The summed E-state index contributed by atoms with van der Waals surface area (Å²) in [7, 11) is 0. The molecule has 1 fully saturated rings. The molecular weight excluding hydrogens is 343 g/mol. The molecule has 0 saturated carbocycles. The molecule has 132 valence electrons. The van der Waals surface area contributed by atoms with Gasteiger partial charge in [-0.25, -0.2) is 4.39 Å². The molecule has 3 rings (SSSR count). The number of carbonyl (C=O) groups is 2. The van der Waals surface area contributed by atoms with Gasteiger partial charge in [0.1, 0.15) is 5.82 Å². The number of benzene rings is 1. The Bertz CT molecular complexity index is 739. The van der Waals surface area contributed by atoms with E-state index in [4.69, 9.17) is 4.74 Å². The molecule has 2 amide bonds. The molecule has 1 saturated heterocycles. The fourth-order valence-corrected chi connectivity index (χ4v) is 3.55. The highest BCUT2D eigenvalue weighted by Crippen LogP contribution is 2.28. The zero-order valence-electron chi connectivity index (χ0n) is 13.6. The molecule has 0 spiro atoms. The van der Waals surface area contributed by atoms with Crippen LogP contribution < -0.4 is 10.9 Å². The largest absolute Gasteiger partial charge is 0.378 e. The minimum absolute atomic E-state index is 0.150. The second kappa shape index (κ2) is 8.22. The molecule has 1 atom stereocenters. The molecular formula is C18H19FN2O3S. The molecule has 0 radical (unpaired) electrons. The lowest BCUT2D eigenvalue weighted by Gasteiger charge is -2.09. The second-order valence-corrected chi connectivity index (χ2v) is 6.93. The summed E-state index contributed by atoms with van der Waals surface area (Å²) >= 11 is 1.28. The molecule has 1 unspecified atom stereocenters. The van der Waals surface area contributed by atoms with Crippen molar-refractivity contribution in [2.75, 3.05) is 6.61 Å². The van der Waals surface area contributed by atoms with Crippen molar-refractivity contribution >= 4 is 23.2 Å². The van der Waals surface area contributed by atoms with E-state index < -0.39 is 0 Å². The number of carbonyl (C=O) groups excluding carboxylic acids is 2. The minimum Gasteiger partial charge on any atom is -0.378 e. The van der Waals surface area contributed by atoms with Crippen LogP contribution in [0.5, 0.6) is 0 Å². The Labute approximate surface area is 149 Å². The van der Waals surface area contributed by atoms with Crippen LogP contribution in [0.2, 0.25) is 0 Å². The third-order valence-corrected chi connectivity index (χ3v) is 5.12. The minimum atomic E-state index is -0.371. The Balaban J connectivity index is 1.48. The molecule has 5 nitrogen and oxygen atoms in total. The Morgan fingerprint density at radius 1 is 1.16 bits per heavy atom. The van der Waals surface area contributed by atoms with Crippen LogP contribution in [-0.4, -0.2) is 24.5 Å². The van der Waals surface area contributed by atoms with Crippen LogP contribution in [0.25, 0.3) is 10.4 Å². The molecule has 2 heterocycles. The zero-order valence-corrected chi connectivity index (χ0v) is 14.4. The van der Waals surface area contributed by atoms with Crippen LogP contribution in [0.15, 0.2) is 36.4 Å². The maximum atomic E-state index is 13.0. The first-order valence-corrected chi connectivity index (χ1v) is 9.00. The standard InChI is InChI=1S/C18H19FN2O3S/c19-13-5-3-12(4-6-13)15-8-9-16(25-15)18(23)21-20-17(22)10-7-14-2-1-11-24-14/h3-6,8-9,14H,1-2,7,10-11H2,(H,20,22)(H,21,23). The summed E-state index contributed by atoms with van der Waals surface area (Å²) in [4.78, 5) is 25.2. The molecule has 1 aliphatic rings. The Kier molecular flexibility index (Phi) is 5.78. The van der Waals surface area contributed by atoms with Crippen molar-refractivity contribution in [3.05, 3.63) is 47.1 Å². The highest BCUT2D eigenvalue weighted by Gasteiger charge is 2.17. The van der Waals surface area contributed by atoms with Crippen molar-refractivity contribution in [2.24, 2.45) is 0 Å². The van der Waals surface area contributed by atoms with Gasteiger partial charge in [0.15, 0.2) is 0 Å². The number of hydrazine groups is 1. The number of amides is 2. The fraction of sp³-hybridized carbons (Fsp3) is 0.333. The van der Waals surface area contributed by atoms with E-state index in [-0.39, 0.29) is 23.7 Å². The van der Waals surface area contributed by atoms with Crippen LogP contribution >= 0.6 is 11.3 Å². The van der Waals surface area contributed by atoms with Gasteiger partial charge in [0.25, 0.3) is 5.91 Å². The second-order valence-electron chi connectivity index (χ2n) is 5.85. The molecule has 1 aromatic carbocycles. The van der Waals surface area contributed by atoms with Gasteiger partial charge in [-0.1, -0.05) is 12.1 Å². The van der Waals surface area contributed by atoms with Crippen molar-refractivity contribution in [3.8, 4) is 10.4 Å². The third-order valence-electron chi connectivity index (χ3n) is 3.99. The maximum Gasteiger partial charge on any atom is 0.279 e. The number of hydrogen-bond donors (Lipinski definition) is 2. The van der Waals surface area contributed by atoms with Crippen molar-refractivity contribution in [2.45, 2.75) is 31.8 Å². The van der Waals surface area contributed by atoms with Crippen LogP contribution in [0.3, 0.4) is 0 Å². The van der Waals surface area contributed by atoms with Gasteiger partial charge in [0.2, 0.25) is 5.91 Å². The molecule has 0 aliphatic carbocycles. The summed E-state index contributed by atoms with van der Waals surface area (Å²) in [5.74, 6) is -0.910. The number of ether oxygens (including phenoxy) is 1. The van der Waals surface area contributed by atoms with Crippen molar-refractivity contribution in [1.29, 1.82) is 0 Å². The van der Waals surface area contributed by atoms with Gasteiger partial charge in [0, 0.05) is 17.9 Å². The van der Waals surface area contributed by atoms with Gasteiger partial charge in [-0.15, -0.1) is 11.3 Å². The van der Waals surface area contributed by atoms with E-state index in [1.54, 1.807) is 24.3 Å². The lowest BCUT2D eigenvalue weighted by molar-refractivity contribution is -0.122. The van der Waals surface area contributed by atoms with Gasteiger partial charge >= 0.3 is 0 Å². The number of rotatable bonds is 5. The molecule has 2 aromatic rings. The summed E-state index contributed by atoms with van der Waals surface area (Å²) in [5.41, 5.74) is 5.68. The van der Waals surface area contributed by atoms with Crippen LogP contribution in [-0.2, 0) is 9.53 Å². The summed E-state index contributed by atoms with van der Waals surface area (Å²) in [6, 6.07) is 9.56. The highest BCUT2D eigenvalue weighted by molar-refractivity contribution is 7.17. The smallest absolute Gasteiger partial charge is 0.279 e. The Morgan fingerprint density at radius 3 is 2.68 bits per heavy atom. The van der Waals surface area contributed by atoms with Crippen molar-refractivity contribution < 1.29 is 18.7 Å². The summed E-state index contributed by atoms with van der Waals surface area (Å²) in [6.45, 7) is 0.762. The normalized spacial score (nSPS) is 16.6. The van der Waals surface area contributed by atoms with E-state index in [2.05, 4.69) is 10.9 Å². The summed E-state index contributed by atoms with van der Waals surface area (Å²) < 4.78 is 18.4. The first kappa shape index (κ1) is 17.6. The van der Waals surface area contributed by atoms with Crippen molar-refractivity contribution in [1.82, 2.24) is 10.9 Å². The monoisotopic (exact) mass is 362 g/mol. The summed E-state index contributed by atoms with van der Waals surface area (Å²) in [6.07, 6.45) is 3.15. The predicted octanol–water partition coefficient (Wildman–Crippen LogP) is 3.27. The van der Waals surface area contributed by atoms with E-state index in [1.807, 2.05) is 0 Å². The topological polar surface area (TPSA) is 67.4 Å². The maximum absolute atomic E-state index is 13.0. The highest BCUT2D eigenvalue weighted by atomic mass is 32.1. The molecule has 25 heavy (non-hydrogen) atoms. The number of nitrogens with one attached hydrogen (secondary N) is 2. The van der Waals surface area contributed by atoms with Gasteiger partial charge < -0.3 is 4.74 Å². The van der Waals surface area contributed by atoms with Crippen LogP contribution in [0.4, 0.5) is 4.39 Å². The molecule has 2 N–H and O–H groups in total. The quantitative estimate of drug-likeness (QED) is 0.802. The number of halogens is 1. The predicted molar refractivity (Wildman–Crippen MR) is 93.5 cm³/mol. The Hall–Kier alpha value is -2.25. The van der Waals surface area contributed by atoms with Gasteiger partial charge in [0.05, 0.1) is 11.0 Å². The first-order chi connectivity index (χ1) is 12.1. The lowest BCUT2D eigenvalue weighted by Crippen LogP contribution is -2.41. The van der Waals surface area contributed by atoms with Gasteiger partial charge in [-0.05, 0) is 49.1 Å². The van der Waals surface area contributed by atoms with E-state index in [1.165, 1.54) is 23.5 Å². The molecule has 0 bridgehead atoms. The average Bonchev–Trinajstić information content (AvgIpc) is 3.30. The lowest BCUT2D eigenvalue weighted by atomic mass is 10.1. The molecule has 7 heteroatoms. The first-order valence-electron chi connectivity index (χ1n) is 8.18. The van der Waals surface area contributed by atoms with E-state index in [9.17, 15) is 14.0 Å². The van der Waals surface area contributed by atoms with Crippen LogP contribution in [0.1, 0.15) is 35.4 Å². The average molecular weight is 362 g/mol. The van der Waals surface area contributed by atoms with Crippen LogP contribution in [0, 0.1) is 5.82 Å². The van der Waals surface area contributed by atoms with E-state index in [0.717, 1.165) is 29.9 Å². The molecule has 1 aliphatic heterocycles. The number of thiophene rings is 1. The third kappa shape index (κ3) is 4.87. The summed E-state index contributed by atoms with van der Waals surface area (Å²) in [5, 5.41) is 0. The van der Waals surface area contributed by atoms with Gasteiger partial charge in [-0.3, -0.25) is 20.4 Å². The van der Waals surface area contributed by atoms with E-state index in [0.29, 0.717) is 17.7 Å². The van der Waals surface area contributed by atoms with Crippen molar-refractivity contribution in [3.63, 3.8) is 0 Å².